The van der Waals surface area contributed by atoms with E-state index in [1.807, 2.05) is 6.07 Å². The van der Waals surface area contributed by atoms with Gasteiger partial charge >= 0.3 is 0 Å². The fourth-order valence-electron chi connectivity index (χ4n) is 1.41. The molecule has 3 N–H and O–H groups in total. The summed E-state index contributed by atoms with van der Waals surface area (Å²) in [6, 6.07) is 4.94. The number of rotatable bonds is 3. The van der Waals surface area contributed by atoms with Gasteiger partial charge in [-0.2, -0.15) is 0 Å². The first-order valence-electron chi connectivity index (χ1n) is 4.89. The van der Waals surface area contributed by atoms with Crippen molar-refractivity contribution in [1.82, 2.24) is 5.32 Å². The van der Waals surface area contributed by atoms with Gasteiger partial charge in [-0.25, -0.2) is 4.39 Å². The van der Waals surface area contributed by atoms with Crippen LogP contribution in [0, 0.1) is 5.82 Å². The van der Waals surface area contributed by atoms with Crippen LogP contribution < -0.4 is 11.1 Å². The largest absolute Gasteiger partial charge is 0.396 e. The quantitative estimate of drug-likeness (QED) is 0.723. The molecular formula is C11H15FN2. The zero-order valence-electron chi connectivity index (χ0n) is 8.31. The normalized spacial score (nSPS) is 18.1. The van der Waals surface area contributed by atoms with Crippen molar-refractivity contribution in [2.45, 2.75) is 31.8 Å². The van der Waals surface area contributed by atoms with Crippen molar-refractivity contribution in [1.29, 1.82) is 0 Å². The van der Waals surface area contributed by atoms with Crippen LogP contribution in [0.4, 0.5) is 10.1 Å². The molecule has 2 rings (SSSR count). The lowest BCUT2D eigenvalue weighted by molar-refractivity contribution is 0.536. The second-order valence-corrected chi connectivity index (χ2v) is 4.23. The SMILES string of the molecule is CC1(NCc2cccc(F)c2N)CC1. The van der Waals surface area contributed by atoms with E-state index in [0.717, 1.165) is 5.56 Å². The van der Waals surface area contributed by atoms with Gasteiger partial charge in [-0.05, 0) is 31.4 Å². The lowest BCUT2D eigenvalue weighted by Gasteiger charge is -2.12. The monoisotopic (exact) mass is 194 g/mol. The first kappa shape index (κ1) is 9.46. The van der Waals surface area contributed by atoms with Crippen molar-refractivity contribution in [2.24, 2.45) is 0 Å². The first-order valence-corrected chi connectivity index (χ1v) is 4.89. The lowest BCUT2D eigenvalue weighted by Crippen LogP contribution is -2.27. The van der Waals surface area contributed by atoms with E-state index >= 15 is 0 Å². The maximum Gasteiger partial charge on any atom is 0.146 e. The lowest BCUT2D eigenvalue weighted by atomic mass is 10.1. The Morgan fingerprint density at radius 3 is 2.86 bits per heavy atom. The topological polar surface area (TPSA) is 38.0 Å². The van der Waals surface area contributed by atoms with E-state index in [4.69, 9.17) is 5.73 Å². The van der Waals surface area contributed by atoms with Gasteiger partial charge in [0.15, 0.2) is 0 Å². The third kappa shape index (κ3) is 1.87. The Balaban J connectivity index is 2.05. The highest BCUT2D eigenvalue weighted by Gasteiger charge is 2.36. The molecule has 0 aromatic heterocycles. The summed E-state index contributed by atoms with van der Waals surface area (Å²) in [6.45, 7) is 2.82. The molecule has 0 spiro atoms. The molecule has 76 valence electrons. The predicted octanol–water partition coefficient (Wildman–Crippen LogP) is 2.05. The number of nitrogens with one attached hydrogen (secondary N) is 1. The zero-order valence-corrected chi connectivity index (χ0v) is 8.31. The standard InChI is InChI=1S/C11H15FN2/c1-11(5-6-11)14-7-8-3-2-4-9(12)10(8)13/h2-4,14H,5-7,13H2,1H3. The Kier molecular flexibility index (Phi) is 2.19. The second kappa shape index (κ2) is 3.24. The summed E-state index contributed by atoms with van der Waals surface area (Å²) in [5.41, 5.74) is 6.99. The van der Waals surface area contributed by atoms with Crippen molar-refractivity contribution in [2.75, 3.05) is 5.73 Å². The van der Waals surface area contributed by atoms with Crippen LogP contribution in [0.15, 0.2) is 18.2 Å². The van der Waals surface area contributed by atoms with Gasteiger partial charge in [-0.1, -0.05) is 12.1 Å². The molecule has 1 aliphatic carbocycles. The summed E-state index contributed by atoms with van der Waals surface area (Å²) < 4.78 is 13.1. The minimum Gasteiger partial charge on any atom is -0.396 e. The molecule has 1 aliphatic rings. The Morgan fingerprint density at radius 2 is 2.21 bits per heavy atom. The molecule has 0 aliphatic heterocycles. The van der Waals surface area contributed by atoms with Crippen LogP contribution >= 0.6 is 0 Å². The van der Waals surface area contributed by atoms with Crippen molar-refractivity contribution in [3.8, 4) is 0 Å². The molecule has 14 heavy (non-hydrogen) atoms. The Labute approximate surface area is 83.3 Å². The van der Waals surface area contributed by atoms with E-state index in [1.54, 1.807) is 6.07 Å². The number of halogens is 1. The first-order chi connectivity index (χ1) is 6.61. The number of hydrogen-bond acceptors (Lipinski definition) is 2. The number of nitrogen functional groups attached to an aromatic ring is 1. The van der Waals surface area contributed by atoms with E-state index in [0.29, 0.717) is 6.54 Å². The highest BCUT2D eigenvalue weighted by atomic mass is 19.1. The van der Waals surface area contributed by atoms with Gasteiger partial charge in [0.25, 0.3) is 0 Å². The average Bonchev–Trinajstić information content (AvgIpc) is 2.88. The van der Waals surface area contributed by atoms with E-state index in [9.17, 15) is 4.39 Å². The Bertz CT molecular complexity index is 345. The third-order valence-electron chi connectivity index (χ3n) is 2.85. The number of para-hydroxylation sites is 1. The molecule has 0 atom stereocenters. The fourth-order valence-corrected chi connectivity index (χ4v) is 1.41. The zero-order chi connectivity index (χ0) is 10.2. The maximum atomic E-state index is 13.1. The smallest absolute Gasteiger partial charge is 0.146 e. The van der Waals surface area contributed by atoms with Crippen LogP contribution in [0.25, 0.3) is 0 Å². The number of benzene rings is 1. The van der Waals surface area contributed by atoms with Crippen molar-refractivity contribution in [3.05, 3.63) is 29.6 Å². The van der Waals surface area contributed by atoms with E-state index in [1.165, 1.54) is 18.9 Å². The molecule has 2 nitrogen and oxygen atoms in total. The molecule has 0 unspecified atom stereocenters. The molecule has 0 amide bonds. The highest BCUT2D eigenvalue weighted by molar-refractivity contribution is 5.47. The molecule has 0 heterocycles. The third-order valence-corrected chi connectivity index (χ3v) is 2.85. The summed E-state index contributed by atoms with van der Waals surface area (Å²) >= 11 is 0. The molecule has 3 heteroatoms. The fraction of sp³-hybridized carbons (Fsp3) is 0.455. The van der Waals surface area contributed by atoms with Crippen LogP contribution in [0.5, 0.6) is 0 Å². The number of nitrogens with two attached hydrogens (primary N) is 1. The van der Waals surface area contributed by atoms with Crippen LogP contribution in [-0.4, -0.2) is 5.54 Å². The van der Waals surface area contributed by atoms with Gasteiger partial charge in [0.1, 0.15) is 5.82 Å². The van der Waals surface area contributed by atoms with Crippen LogP contribution in [0.1, 0.15) is 25.3 Å². The molecule has 0 bridgehead atoms. The van der Waals surface area contributed by atoms with Gasteiger partial charge < -0.3 is 11.1 Å². The van der Waals surface area contributed by atoms with Gasteiger partial charge in [0.2, 0.25) is 0 Å². The van der Waals surface area contributed by atoms with Crippen LogP contribution in [0.2, 0.25) is 0 Å². The molecule has 1 aromatic carbocycles. The average molecular weight is 194 g/mol. The molecule has 0 saturated heterocycles. The second-order valence-electron chi connectivity index (χ2n) is 4.23. The van der Waals surface area contributed by atoms with E-state index < -0.39 is 0 Å². The van der Waals surface area contributed by atoms with Crippen molar-refractivity contribution >= 4 is 5.69 Å². The summed E-state index contributed by atoms with van der Waals surface area (Å²) in [7, 11) is 0. The molecule has 1 fully saturated rings. The van der Waals surface area contributed by atoms with Crippen molar-refractivity contribution in [3.63, 3.8) is 0 Å². The van der Waals surface area contributed by atoms with Gasteiger partial charge in [0.05, 0.1) is 5.69 Å². The van der Waals surface area contributed by atoms with Gasteiger partial charge in [-0.3, -0.25) is 0 Å². The molecule has 1 aromatic rings. The minimum absolute atomic E-state index is 0.263. The maximum absolute atomic E-state index is 13.1. The highest BCUT2D eigenvalue weighted by Crippen LogP contribution is 2.34. The molecular weight excluding hydrogens is 179 g/mol. The minimum atomic E-state index is -0.328. The van der Waals surface area contributed by atoms with Crippen LogP contribution in [-0.2, 0) is 6.54 Å². The summed E-state index contributed by atoms with van der Waals surface area (Å²) in [4.78, 5) is 0. The number of anilines is 1. The Hall–Kier alpha value is -1.09. The summed E-state index contributed by atoms with van der Waals surface area (Å²) in [5, 5.41) is 3.37. The predicted molar refractivity (Wildman–Crippen MR) is 55.3 cm³/mol. The summed E-state index contributed by atoms with van der Waals surface area (Å²) in [5.74, 6) is -0.328. The van der Waals surface area contributed by atoms with Crippen molar-refractivity contribution < 1.29 is 4.39 Å². The van der Waals surface area contributed by atoms with Gasteiger partial charge in [0, 0.05) is 12.1 Å². The van der Waals surface area contributed by atoms with E-state index in [2.05, 4.69) is 12.2 Å². The van der Waals surface area contributed by atoms with E-state index in [-0.39, 0.29) is 17.0 Å². The van der Waals surface area contributed by atoms with Crippen LogP contribution in [0.3, 0.4) is 0 Å². The molecule has 1 saturated carbocycles. The number of hydrogen-bond donors (Lipinski definition) is 2. The van der Waals surface area contributed by atoms with Gasteiger partial charge in [-0.15, -0.1) is 0 Å². The summed E-state index contributed by atoms with van der Waals surface area (Å²) in [6.07, 6.45) is 2.39. The molecule has 0 radical (unpaired) electrons. The Morgan fingerprint density at radius 1 is 1.50 bits per heavy atom.